The highest BCUT2D eigenvalue weighted by Crippen LogP contribution is 2.39. The summed E-state index contributed by atoms with van der Waals surface area (Å²) in [6, 6.07) is 20.6. The van der Waals surface area contributed by atoms with Crippen LogP contribution in [0.5, 0.6) is 34.5 Å². The Labute approximate surface area is 191 Å². The third-order valence-corrected chi connectivity index (χ3v) is 4.80. The van der Waals surface area contributed by atoms with Crippen LogP contribution in [0.1, 0.15) is 5.56 Å². The molecule has 0 radical (unpaired) electrons. The number of rotatable bonds is 6. The lowest BCUT2D eigenvalue weighted by Gasteiger charge is -2.15. The molecule has 168 valence electrons. The lowest BCUT2D eigenvalue weighted by atomic mass is 10.2. The molecule has 0 aliphatic heterocycles. The van der Waals surface area contributed by atoms with Gasteiger partial charge in [0.05, 0.1) is 11.4 Å². The van der Waals surface area contributed by atoms with Crippen molar-refractivity contribution in [1.82, 2.24) is 0 Å². The number of nitrogens with two attached hydrogens (primary N) is 5. The molecule has 0 aliphatic carbocycles. The van der Waals surface area contributed by atoms with Gasteiger partial charge in [-0.15, -0.1) is 0 Å². The van der Waals surface area contributed by atoms with E-state index in [1.807, 2.05) is 13.0 Å². The average molecular weight is 444 g/mol. The van der Waals surface area contributed by atoms with E-state index >= 15 is 0 Å². The maximum Gasteiger partial charge on any atom is 0.150 e. The molecule has 33 heavy (non-hydrogen) atoms. The molecule has 10 N–H and O–H groups in total. The Kier molecular flexibility index (Phi) is 5.73. The summed E-state index contributed by atoms with van der Waals surface area (Å²) < 4.78 is 18.1. The van der Waals surface area contributed by atoms with Gasteiger partial charge in [-0.05, 0) is 67.1 Å². The predicted molar refractivity (Wildman–Crippen MR) is 133 cm³/mol. The van der Waals surface area contributed by atoms with Gasteiger partial charge in [0.2, 0.25) is 0 Å². The molecule has 0 aliphatic rings. The van der Waals surface area contributed by atoms with Gasteiger partial charge >= 0.3 is 0 Å². The highest BCUT2D eigenvalue weighted by Gasteiger charge is 2.12. The fourth-order valence-electron chi connectivity index (χ4n) is 3.21. The third kappa shape index (κ3) is 5.13. The highest BCUT2D eigenvalue weighted by molar-refractivity contribution is 5.63. The molecule has 0 heterocycles. The molecule has 0 bridgehead atoms. The van der Waals surface area contributed by atoms with Crippen LogP contribution in [-0.2, 0) is 0 Å². The third-order valence-electron chi connectivity index (χ3n) is 4.80. The zero-order chi connectivity index (χ0) is 23.5. The SMILES string of the molecule is Cc1cc(N)ccc1Oc1cc(Oc2ccc(N)cc2N)cc(Oc2ccc(N)cc2N)c1. The van der Waals surface area contributed by atoms with E-state index in [2.05, 4.69) is 0 Å². The lowest BCUT2D eigenvalue weighted by Crippen LogP contribution is -1.97. The first-order valence-corrected chi connectivity index (χ1v) is 10.1. The molecule has 0 saturated carbocycles. The fourth-order valence-corrected chi connectivity index (χ4v) is 3.21. The monoisotopic (exact) mass is 443 g/mol. The second kappa shape index (κ2) is 8.80. The molecular formula is C25H25N5O3. The van der Waals surface area contributed by atoms with Crippen molar-refractivity contribution >= 4 is 28.4 Å². The molecule has 4 aromatic rings. The van der Waals surface area contributed by atoms with Crippen molar-refractivity contribution in [3.8, 4) is 34.5 Å². The number of hydrogen-bond acceptors (Lipinski definition) is 8. The molecule has 0 unspecified atom stereocenters. The number of anilines is 5. The molecule has 0 saturated heterocycles. The van der Waals surface area contributed by atoms with Crippen LogP contribution in [0.2, 0.25) is 0 Å². The molecule has 0 spiro atoms. The van der Waals surface area contributed by atoms with Crippen molar-refractivity contribution in [2.24, 2.45) is 0 Å². The van der Waals surface area contributed by atoms with E-state index < -0.39 is 0 Å². The van der Waals surface area contributed by atoms with Gasteiger partial charge in [-0.1, -0.05) is 0 Å². The van der Waals surface area contributed by atoms with Crippen molar-refractivity contribution < 1.29 is 14.2 Å². The van der Waals surface area contributed by atoms with Crippen molar-refractivity contribution in [3.63, 3.8) is 0 Å². The number of benzene rings is 4. The molecule has 0 atom stereocenters. The topological polar surface area (TPSA) is 158 Å². The zero-order valence-corrected chi connectivity index (χ0v) is 18.0. The summed E-state index contributed by atoms with van der Waals surface area (Å²) in [6.07, 6.45) is 0. The molecule has 8 heteroatoms. The van der Waals surface area contributed by atoms with Crippen LogP contribution in [0, 0.1) is 6.92 Å². The molecule has 0 amide bonds. The smallest absolute Gasteiger partial charge is 0.150 e. The minimum absolute atomic E-state index is 0.404. The summed E-state index contributed by atoms with van der Waals surface area (Å²) in [7, 11) is 0. The number of hydrogen-bond donors (Lipinski definition) is 5. The fraction of sp³-hybridized carbons (Fsp3) is 0.0400. The molecular weight excluding hydrogens is 418 g/mol. The van der Waals surface area contributed by atoms with Crippen LogP contribution in [-0.4, -0.2) is 0 Å². The van der Waals surface area contributed by atoms with Crippen LogP contribution < -0.4 is 42.9 Å². The Balaban J connectivity index is 1.71. The largest absolute Gasteiger partial charge is 0.457 e. The Morgan fingerprint density at radius 1 is 0.455 bits per heavy atom. The summed E-state index contributed by atoms with van der Waals surface area (Å²) in [4.78, 5) is 0. The van der Waals surface area contributed by atoms with Crippen LogP contribution in [0.25, 0.3) is 0 Å². The molecule has 4 aromatic carbocycles. The minimum Gasteiger partial charge on any atom is -0.457 e. The van der Waals surface area contributed by atoms with Gasteiger partial charge in [0, 0.05) is 35.3 Å². The summed E-state index contributed by atoms with van der Waals surface area (Å²) in [5, 5.41) is 0. The van der Waals surface area contributed by atoms with Crippen LogP contribution in [0.4, 0.5) is 28.4 Å². The molecule has 8 nitrogen and oxygen atoms in total. The molecule has 0 aromatic heterocycles. The van der Waals surface area contributed by atoms with E-state index in [1.54, 1.807) is 66.7 Å². The van der Waals surface area contributed by atoms with Gasteiger partial charge < -0.3 is 42.9 Å². The Morgan fingerprint density at radius 2 is 0.818 bits per heavy atom. The lowest BCUT2D eigenvalue weighted by molar-refractivity contribution is 0.440. The van der Waals surface area contributed by atoms with E-state index in [0.29, 0.717) is 62.9 Å². The average Bonchev–Trinajstić information content (AvgIpc) is 2.74. The second-order valence-electron chi connectivity index (χ2n) is 7.57. The van der Waals surface area contributed by atoms with E-state index in [4.69, 9.17) is 42.9 Å². The summed E-state index contributed by atoms with van der Waals surface area (Å²) in [5.74, 6) is 2.91. The number of aryl methyl sites for hydroxylation is 1. The predicted octanol–water partition coefficient (Wildman–Crippen LogP) is 5.28. The first-order chi connectivity index (χ1) is 15.8. The van der Waals surface area contributed by atoms with Crippen molar-refractivity contribution in [3.05, 3.63) is 78.4 Å². The Hall–Kier alpha value is -4.72. The van der Waals surface area contributed by atoms with Crippen molar-refractivity contribution in [1.29, 1.82) is 0 Å². The number of nitrogen functional groups attached to an aromatic ring is 5. The zero-order valence-electron chi connectivity index (χ0n) is 18.0. The van der Waals surface area contributed by atoms with Gasteiger partial charge in [-0.25, -0.2) is 0 Å². The van der Waals surface area contributed by atoms with Crippen LogP contribution in [0.15, 0.2) is 72.8 Å². The Bertz CT molecular complexity index is 1150. The maximum absolute atomic E-state index is 6.10. The summed E-state index contributed by atoms with van der Waals surface area (Å²) in [6.45, 7) is 1.91. The van der Waals surface area contributed by atoms with Crippen molar-refractivity contribution in [2.75, 3.05) is 28.7 Å². The van der Waals surface area contributed by atoms with Gasteiger partial charge in [0.25, 0.3) is 0 Å². The maximum atomic E-state index is 6.10. The first kappa shape index (κ1) is 21.5. The van der Waals surface area contributed by atoms with E-state index in [1.165, 1.54) is 0 Å². The summed E-state index contributed by atoms with van der Waals surface area (Å²) >= 11 is 0. The highest BCUT2D eigenvalue weighted by atomic mass is 16.5. The molecule has 0 fully saturated rings. The summed E-state index contributed by atoms with van der Waals surface area (Å²) in [5.41, 5.74) is 33.0. The van der Waals surface area contributed by atoms with Gasteiger partial charge in [0.15, 0.2) is 0 Å². The molecule has 4 rings (SSSR count). The van der Waals surface area contributed by atoms with Crippen molar-refractivity contribution in [2.45, 2.75) is 6.92 Å². The second-order valence-corrected chi connectivity index (χ2v) is 7.57. The minimum atomic E-state index is 0.404. The van der Waals surface area contributed by atoms with Gasteiger partial charge in [-0.2, -0.15) is 0 Å². The first-order valence-electron chi connectivity index (χ1n) is 10.1. The quantitative estimate of drug-likeness (QED) is 0.252. The van der Waals surface area contributed by atoms with Crippen LogP contribution in [0.3, 0.4) is 0 Å². The van der Waals surface area contributed by atoms with E-state index in [-0.39, 0.29) is 0 Å². The standard InChI is InChI=1S/C25H25N5O3/c1-14-8-15(26)2-5-23(14)31-18-11-19(32-24-6-3-16(27)9-21(24)29)13-20(12-18)33-25-7-4-17(28)10-22(25)30/h2-13H,26-30H2,1H3. The van der Waals surface area contributed by atoms with E-state index in [9.17, 15) is 0 Å². The van der Waals surface area contributed by atoms with Gasteiger partial charge in [0.1, 0.15) is 34.5 Å². The Morgan fingerprint density at radius 3 is 1.21 bits per heavy atom. The van der Waals surface area contributed by atoms with Gasteiger partial charge in [-0.3, -0.25) is 0 Å². The number of ether oxygens (including phenoxy) is 3. The normalized spacial score (nSPS) is 10.6. The van der Waals surface area contributed by atoms with E-state index in [0.717, 1.165) is 5.56 Å². The van der Waals surface area contributed by atoms with Crippen LogP contribution >= 0.6 is 0 Å².